The Bertz CT molecular complexity index is 388. The molecule has 0 saturated carbocycles. The minimum Gasteiger partial charge on any atom is -0.496 e. The SMILES string of the molecule is CNC(C)/C(C)=C/c1ccc(OC)c(Br)c1. The molecule has 0 bridgehead atoms. The standard InChI is InChI=1S/C13H18BrNO/c1-9(10(2)15-3)7-11-5-6-13(16-4)12(14)8-11/h5-8,10,15H,1-4H3/b9-7+. The van der Waals surface area contributed by atoms with Gasteiger partial charge in [0, 0.05) is 6.04 Å². The average molecular weight is 284 g/mol. The minimum absolute atomic E-state index is 0.390. The molecule has 16 heavy (non-hydrogen) atoms. The van der Waals surface area contributed by atoms with Crippen LogP contribution in [0.25, 0.3) is 6.08 Å². The van der Waals surface area contributed by atoms with Crippen molar-refractivity contribution in [2.24, 2.45) is 0 Å². The lowest BCUT2D eigenvalue weighted by Gasteiger charge is -2.11. The second-order valence-electron chi connectivity index (χ2n) is 3.79. The van der Waals surface area contributed by atoms with Gasteiger partial charge < -0.3 is 10.1 Å². The zero-order valence-electron chi connectivity index (χ0n) is 10.2. The Morgan fingerprint density at radius 2 is 2.19 bits per heavy atom. The van der Waals surface area contributed by atoms with Crippen LogP contribution >= 0.6 is 15.9 Å². The zero-order chi connectivity index (χ0) is 12.1. The van der Waals surface area contributed by atoms with Crippen LogP contribution in [0.2, 0.25) is 0 Å². The molecule has 0 radical (unpaired) electrons. The molecule has 1 aromatic carbocycles. The van der Waals surface area contributed by atoms with Crippen molar-refractivity contribution in [3.8, 4) is 5.75 Å². The van der Waals surface area contributed by atoms with E-state index in [0.717, 1.165) is 10.2 Å². The maximum Gasteiger partial charge on any atom is 0.133 e. The molecule has 0 aliphatic heterocycles. The van der Waals surface area contributed by atoms with Crippen molar-refractivity contribution in [1.82, 2.24) is 5.32 Å². The van der Waals surface area contributed by atoms with Gasteiger partial charge in [0.25, 0.3) is 0 Å². The van der Waals surface area contributed by atoms with Crippen LogP contribution in [0.15, 0.2) is 28.2 Å². The monoisotopic (exact) mass is 283 g/mol. The third-order valence-corrected chi connectivity index (χ3v) is 3.31. The zero-order valence-corrected chi connectivity index (χ0v) is 11.8. The molecule has 0 fully saturated rings. The predicted molar refractivity (Wildman–Crippen MR) is 72.9 cm³/mol. The molecule has 0 amide bonds. The molecule has 0 saturated heterocycles. The summed E-state index contributed by atoms with van der Waals surface area (Å²) in [6.45, 7) is 4.27. The summed E-state index contributed by atoms with van der Waals surface area (Å²) in [6, 6.07) is 6.47. The van der Waals surface area contributed by atoms with Crippen LogP contribution in [0.5, 0.6) is 5.75 Å². The highest BCUT2D eigenvalue weighted by molar-refractivity contribution is 9.10. The molecule has 0 aromatic heterocycles. The summed E-state index contributed by atoms with van der Waals surface area (Å²) in [4.78, 5) is 0. The number of hydrogen-bond donors (Lipinski definition) is 1. The highest BCUT2D eigenvalue weighted by Crippen LogP contribution is 2.26. The van der Waals surface area contributed by atoms with E-state index in [1.165, 1.54) is 11.1 Å². The fourth-order valence-corrected chi connectivity index (χ4v) is 1.95. The fourth-order valence-electron chi connectivity index (χ4n) is 1.39. The van der Waals surface area contributed by atoms with E-state index in [4.69, 9.17) is 4.74 Å². The molecule has 1 atom stereocenters. The van der Waals surface area contributed by atoms with Crippen molar-refractivity contribution >= 4 is 22.0 Å². The van der Waals surface area contributed by atoms with Crippen molar-refractivity contribution in [3.05, 3.63) is 33.8 Å². The molecule has 1 aromatic rings. The summed E-state index contributed by atoms with van der Waals surface area (Å²) >= 11 is 3.48. The Kier molecular flexibility index (Phi) is 5.03. The van der Waals surface area contributed by atoms with Gasteiger partial charge in [0.05, 0.1) is 11.6 Å². The molecule has 2 nitrogen and oxygen atoms in total. The number of methoxy groups -OCH3 is 1. The quantitative estimate of drug-likeness (QED) is 0.914. The number of nitrogens with one attached hydrogen (secondary N) is 1. The van der Waals surface area contributed by atoms with Gasteiger partial charge >= 0.3 is 0 Å². The van der Waals surface area contributed by atoms with Gasteiger partial charge in [-0.2, -0.15) is 0 Å². The predicted octanol–water partition coefficient (Wildman–Crippen LogP) is 3.47. The Balaban J connectivity index is 2.94. The second-order valence-corrected chi connectivity index (χ2v) is 4.65. The van der Waals surface area contributed by atoms with Crippen molar-refractivity contribution in [1.29, 1.82) is 0 Å². The first-order valence-corrected chi connectivity index (χ1v) is 6.06. The highest BCUT2D eigenvalue weighted by Gasteiger charge is 2.03. The van der Waals surface area contributed by atoms with Crippen molar-refractivity contribution < 1.29 is 4.74 Å². The Morgan fingerprint density at radius 3 is 2.69 bits per heavy atom. The molecule has 0 spiro atoms. The molecule has 1 N–H and O–H groups in total. The van der Waals surface area contributed by atoms with Gasteiger partial charge in [0.15, 0.2) is 0 Å². The molecular formula is C13H18BrNO. The summed E-state index contributed by atoms with van der Waals surface area (Å²) in [6.07, 6.45) is 2.17. The van der Waals surface area contributed by atoms with E-state index >= 15 is 0 Å². The second kappa shape index (κ2) is 6.06. The maximum absolute atomic E-state index is 5.19. The molecule has 1 rings (SSSR count). The molecule has 0 heterocycles. The van der Waals surface area contributed by atoms with E-state index in [2.05, 4.69) is 53.3 Å². The highest BCUT2D eigenvalue weighted by atomic mass is 79.9. The van der Waals surface area contributed by atoms with E-state index in [1.54, 1.807) is 7.11 Å². The van der Waals surface area contributed by atoms with Crippen molar-refractivity contribution in [2.45, 2.75) is 19.9 Å². The molecule has 3 heteroatoms. The van der Waals surface area contributed by atoms with Gasteiger partial charge in [-0.05, 0) is 54.5 Å². The first-order valence-electron chi connectivity index (χ1n) is 5.27. The number of likely N-dealkylation sites (N-methyl/N-ethyl adjacent to an activating group) is 1. The number of halogens is 1. The van der Waals surface area contributed by atoms with E-state index < -0.39 is 0 Å². The molecule has 0 aliphatic rings. The maximum atomic E-state index is 5.19. The Labute approximate surface area is 106 Å². The van der Waals surface area contributed by atoms with Crippen LogP contribution in [0.1, 0.15) is 19.4 Å². The third-order valence-electron chi connectivity index (χ3n) is 2.69. The van der Waals surface area contributed by atoms with Crippen LogP contribution in [0, 0.1) is 0 Å². The number of benzene rings is 1. The fraction of sp³-hybridized carbons (Fsp3) is 0.385. The lowest BCUT2D eigenvalue weighted by atomic mass is 10.1. The van der Waals surface area contributed by atoms with Gasteiger partial charge in [-0.25, -0.2) is 0 Å². The Hall–Kier alpha value is -0.800. The first-order chi connectivity index (χ1) is 7.58. The van der Waals surface area contributed by atoms with E-state index in [1.807, 2.05) is 13.1 Å². The summed E-state index contributed by atoms with van der Waals surface area (Å²) < 4.78 is 6.17. The smallest absolute Gasteiger partial charge is 0.133 e. The molecule has 1 unspecified atom stereocenters. The summed E-state index contributed by atoms with van der Waals surface area (Å²) in [5.74, 6) is 0.858. The van der Waals surface area contributed by atoms with Crippen LogP contribution in [-0.4, -0.2) is 20.2 Å². The first kappa shape index (κ1) is 13.3. The van der Waals surface area contributed by atoms with Crippen LogP contribution < -0.4 is 10.1 Å². The Morgan fingerprint density at radius 1 is 1.50 bits per heavy atom. The lowest BCUT2D eigenvalue weighted by molar-refractivity contribution is 0.412. The van der Waals surface area contributed by atoms with E-state index in [-0.39, 0.29) is 0 Å². The van der Waals surface area contributed by atoms with Gasteiger partial charge in [-0.1, -0.05) is 17.7 Å². The normalized spacial score (nSPS) is 13.7. The van der Waals surface area contributed by atoms with Gasteiger partial charge in [-0.15, -0.1) is 0 Å². The third kappa shape index (κ3) is 3.35. The summed E-state index contributed by atoms with van der Waals surface area (Å²) in [5, 5.41) is 3.22. The summed E-state index contributed by atoms with van der Waals surface area (Å²) in [5.41, 5.74) is 2.48. The van der Waals surface area contributed by atoms with Crippen LogP contribution in [-0.2, 0) is 0 Å². The lowest BCUT2D eigenvalue weighted by Crippen LogP contribution is -2.21. The van der Waals surface area contributed by atoms with Crippen LogP contribution in [0.3, 0.4) is 0 Å². The number of rotatable bonds is 4. The topological polar surface area (TPSA) is 21.3 Å². The van der Waals surface area contributed by atoms with E-state index in [9.17, 15) is 0 Å². The number of ether oxygens (including phenoxy) is 1. The average Bonchev–Trinajstić information content (AvgIpc) is 2.28. The van der Waals surface area contributed by atoms with Crippen molar-refractivity contribution in [3.63, 3.8) is 0 Å². The van der Waals surface area contributed by atoms with Gasteiger partial charge in [0.1, 0.15) is 5.75 Å². The molecule has 88 valence electrons. The minimum atomic E-state index is 0.390. The van der Waals surface area contributed by atoms with E-state index in [0.29, 0.717) is 6.04 Å². The number of hydrogen-bond acceptors (Lipinski definition) is 2. The van der Waals surface area contributed by atoms with Crippen molar-refractivity contribution in [2.75, 3.05) is 14.2 Å². The molecular weight excluding hydrogens is 266 g/mol. The van der Waals surface area contributed by atoms with Gasteiger partial charge in [-0.3, -0.25) is 0 Å². The largest absolute Gasteiger partial charge is 0.496 e. The molecule has 0 aliphatic carbocycles. The van der Waals surface area contributed by atoms with Gasteiger partial charge in [0.2, 0.25) is 0 Å². The summed E-state index contributed by atoms with van der Waals surface area (Å²) in [7, 11) is 3.63. The van der Waals surface area contributed by atoms with Crippen LogP contribution in [0.4, 0.5) is 0 Å².